The maximum atomic E-state index is 13.7. The Balaban J connectivity index is 2.05. The van der Waals surface area contributed by atoms with Crippen LogP contribution in [0.5, 0.6) is 0 Å². The molecule has 1 fully saturated rings. The van der Waals surface area contributed by atoms with Gasteiger partial charge in [-0.1, -0.05) is 13.0 Å². The van der Waals surface area contributed by atoms with Crippen molar-refractivity contribution in [3.63, 3.8) is 0 Å². The van der Waals surface area contributed by atoms with E-state index in [0.29, 0.717) is 13.2 Å². The zero-order chi connectivity index (χ0) is 15.4. The second-order valence-corrected chi connectivity index (χ2v) is 5.17. The van der Waals surface area contributed by atoms with Crippen LogP contribution in [0.4, 0.5) is 8.78 Å². The molecule has 1 aromatic carbocycles. The maximum Gasteiger partial charge on any atom is 0.227 e. The van der Waals surface area contributed by atoms with Crippen LogP contribution in [-0.4, -0.2) is 31.7 Å². The van der Waals surface area contributed by atoms with E-state index in [2.05, 4.69) is 10.6 Å². The normalized spacial score (nSPS) is 23.0. The Kier molecular flexibility index (Phi) is 5.25. The minimum atomic E-state index is -0.735. The van der Waals surface area contributed by atoms with Crippen LogP contribution in [0.3, 0.4) is 0 Å². The minimum Gasteiger partial charge on any atom is -0.379 e. The molecule has 1 aromatic rings. The van der Waals surface area contributed by atoms with Gasteiger partial charge in [0.05, 0.1) is 25.2 Å². The van der Waals surface area contributed by atoms with Gasteiger partial charge < -0.3 is 15.4 Å². The van der Waals surface area contributed by atoms with Crippen molar-refractivity contribution >= 4 is 5.91 Å². The molecule has 0 saturated carbocycles. The Morgan fingerprint density at radius 3 is 2.67 bits per heavy atom. The molecule has 3 unspecified atom stereocenters. The van der Waals surface area contributed by atoms with E-state index in [1.165, 1.54) is 18.2 Å². The third kappa shape index (κ3) is 3.57. The van der Waals surface area contributed by atoms with Gasteiger partial charge in [0.1, 0.15) is 11.6 Å². The zero-order valence-corrected chi connectivity index (χ0v) is 12.2. The molecule has 1 heterocycles. The van der Waals surface area contributed by atoms with E-state index < -0.39 is 17.7 Å². The first-order chi connectivity index (χ1) is 10.0. The Bertz CT molecular complexity index is 490. The molecule has 0 spiro atoms. The smallest absolute Gasteiger partial charge is 0.227 e. The lowest BCUT2D eigenvalue weighted by molar-refractivity contribution is -0.126. The number of ether oxygens (including phenoxy) is 1. The van der Waals surface area contributed by atoms with Crippen LogP contribution in [-0.2, 0) is 9.53 Å². The molecule has 0 radical (unpaired) electrons. The Labute approximate surface area is 122 Å². The molecule has 2 N–H and O–H groups in total. The quantitative estimate of drug-likeness (QED) is 0.871. The minimum absolute atomic E-state index is 0.0623. The van der Waals surface area contributed by atoms with E-state index >= 15 is 0 Å². The summed E-state index contributed by atoms with van der Waals surface area (Å²) in [6, 6.07) is 2.87. The fourth-order valence-corrected chi connectivity index (χ4v) is 2.59. The monoisotopic (exact) mass is 298 g/mol. The average Bonchev–Trinajstić information content (AvgIpc) is 2.87. The molecule has 1 amide bonds. The van der Waals surface area contributed by atoms with Crippen molar-refractivity contribution in [2.24, 2.45) is 5.92 Å². The van der Waals surface area contributed by atoms with Gasteiger partial charge in [-0.15, -0.1) is 0 Å². The van der Waals surface area contributed by atoms with Gasteiger partial charge in [0.25, 0.3) is 0 Å². The lowest BCUT2D eigenvalue weighted by Gasteiger charge is -2.21. The first-order valence-electron chi connectivity index (χ1n) is 7.10. The summed E-state index contributed by atoms with van der Waals surface area (Å²) in [6.45, 7) is 5.03. The highest BCUT2D eigenvalue weighted by Gasteiger charge is 2.34. The number of rotatable bonds is 5. The van der Waals surface area contributed by atoms with Crippen LogP contribution in [0.2, 0.25) is 0 Å². The number of likely N-dealkylation sites (N-methyl/N-ethyl adjacent to an activating group) is 1. The molecular formula is C15H20F2N2O2. The van der Waals surface area contributed by atoms with Crippen molar-refractivity contribution < 1.29 is 18.3 Å². The number of hydrogen-bond donors (Lipinski definition) is 2. The molecule has 6 heteroatoms. The molecule has 0 aromatic heterocycles. The van der Waals surface area contributed by atoms with Gasteiger partial charge in [-0.2, -0.15) is 0 Å². The topological polar surface area (TPSA) is 50.4 Å². The molecule has 1 aliphatic rings. The fourth-order valence-electron chi connectivity index (χ4n) is 2.59. The molecular weight excluding hydrogens is 278 g/mol. The van der Waals surface area contributed by atoms with Crippen molar-refractivity contribution in [3.8, 4) is 0 Å². The Morgan fingerprint density at radius 1 is 1.38 bits per heavy atom. The molecule has 21 heavy (non-hydrogen) atoms. The molecule has 2 rings (SSSR count). The SMILES string of the molecule is CCNC1COCC1C(=O)NC(C)c1c(F)cccc1F. The summed E-state index contributed by atoms with van der Waals surface area (Å²) >= 11 is 0. The average molecular weight is 298 g/mol. The maximum absolute atomic E-state index is 13.7. The fraction of sp³-hybridized carbons (Fsp3) is 0.533. The van der Waals surface area contributed by atoms with E-state index in [9.17, 15) is 13.6 Å². The number of nitrogens with one attached hydrogen (secondary N) is 2. The Morgan fingerprint density at radius 2 is 2.05 bits per heavy atom. The van der Waals surface area contributed by atoms with Gasteiger partial charge in [0, 0.05) is 11.6 Å². The highest BCUT2D eigenvalue weighted by molar-refractivity contribution is 5.80. The second kappa shape index (κ2) is 6.95. The molecule has 1 aliphatic heterocycles. The van der Waals surface area contributed by atoms with Crippen LogP contribution in [0, 0.1) is 17.6 Å². The Hall–Kier alpha value is -1.53. The molecule has 3 atom stereocenters. The summed E-state index contributed by atoms with van der Waals surface area (Å²) in [4.78, 5) is 12.3. The summed E-state index contributed by atoms with van der Waals surface area (Å²) in [5, 5.41) is 5.85. The van der Waals surface area contributed by atoms with Crippen molar-refractivity contribution in [2.75, 3.05) is 19.8 Å². The largest absolute Gasteiger partial charge is 0.379 e. The van der Waals surface area contributed by atoms with Crippen LogP contribution < -0.4 is 10.6 Å². The van der Waals surface area contributed by atoms with Gasteiger partial charge in [0.2, 0.25) is 5.91 Å². The number of carbonyl (C=O) groups excluding carboxylic acids is 1. The predicted octanol–water partition coefficient (Wildman–Crippen LogP) is 1.77. The predicted molar refractivity (Wildman–Crippen MR) is 74.7 cm³/mol. The highest BCUT2D eigenvalue weighted by Crippen LogP contribution is 2.22. The summed E-state index contributed by atoms with van der Waals surface area (Å²) in [5.74, 6) is -1.92. The standard InChI is InChI=1S/C15H20F2N2O2/c1-3-18-13-8-21-7-10(13)15(20)19-9(2)14-11(16)5-4-6-12(14)17/h4-6,9-10,13,18H,3,7-8H2,1-2H3,(H,19,20). The van der Waals surface area contributed by atoms with Gasteiger partial charge in [-0.05, 0) is 25.6 Å². The van der Waals surface area contributed by atoms with Crippen molar-refractivity contribution in [2.45, 2.75) is 25.9 Å². The number of carbonyl (C=O) groups is 1. The molecule has 0 aliphatic carbocycles. The first-order valence-corrected chi connectivity index (χ1v) is 7.10. The van der Waals surface area contributed by atoms with Crippen LogP contribution in [0.15, 0.2) is 18.2 Å². The second-order valence-electron chi connectivity index (χ2n) is 5.17. The highest BCUT2D eigenvalue weighted by atomic mass is 19.1. The number of amides is 1. The zero-order valence-electron chi connectivity index (χ0n) is 12.2. The van der Waals surface area contributed by atoms with Gasteiger partial charge in [0.15, 0.2) is 0 Å². The van der Waals surface area contributed by atoms with Crippen LogP contribution in [0.1, 0.15) is 25.5 Å². The third-order valence-electron chi connectivity index (χ3n) is 3.68. The van der Waals surface area contributed by atoms with Gasteiger partial charge in [-0.3, -0.25) is 4.79 Å². The third-order valence-corrected chi connectivity index (χ3v) is 3.68. The van der Waals surface area contributed by atoms with Crippen molar-refractivity contribution in [1.82, 2.24) is 10.6 Å². The lowest BCUT2D eigenvalue weighted by Crippen LogP contribution is -2.44. The van der Waals surface area contributed by atoms with E-state index in [4.69, 9.17) is 4.74 Å². The van der Waals surface area contributed by atoms with E-state index in [1.54, 1.807) is 6.92 Å². The van der Waals surface area contributed by atoms with E-state index in [1.807, 2.05) is 6.92 Å². The number of halogens is 2. The van der Waals surface area contributed by atoms with Gasteiger partial charge >= 0.3 is 0 Å². The van der Waals surface area contributed by atoms with E-state index in [0.717, 1.165) is 6.54 Å². The van der Waals surface area contributed by atoms with Gasteiger partial charge in [-0.25, -0.2) is 8.78 Å². The van der Waals surface area contributed by atoms with E-state index in [-0.39, 0.29) is 23.4 Å². The number of hydrogen-bond acceptors (Lipinski definition) is 3. The summed E-state index contributed by atoms with van der Waals surface area (Å²) in [7, 11) is 0. The number of benzene rings is 1. The summed E-state index contributed by atoms with van der Waals surface area (Å²) < 4.78 is 32.7. The molecule has 4 nitrogen and oxygen atoms in total. The molecule has 1 saturated heterocycles. The van der Waals surface area contributed by atoms with Crippen LogP contribution >= 0.6 is 0 Å². The summed E-state index contributed by atoms with van der Waals surface area (Å²) in [6.07, 6.45) is 0. The first kappa shape index (κ1) is 15.9. The van der Waals surface area contributed by atoms with Crippen molar-refractivity contribution in [3.05, 3.63) is 35.4 Å². The van der Waals surface area contributed by atoms with Crippen LogP contribution in [0.25, 0.3) is 0 Å². The lowest BCUT2D eigenvalue weighted by atomic mass is 10.0. The summed E-state index contributed by atoms with van der Waals surface area (Å²) in [5.41, 5.74) is -0.121. The molecule has 0 bridgehead atoms. The van der Waals surface area contributed by atoms with Crippen molar-refractivity contribution in [1.29, 1.82) is 0 Å². The molecule has 116 valence electrons.